The van der Waals surface area contributed by atoms with Crippen LogP contribution >= 0.6 is 0 Å². The van der Waals surface area contributed by atoms with Crippen molar-refractivity contribution in [2.45, 2.75) is 13.8 Å². The Labute approximate surface area is 200 Å². The Hall–Kier alpha value is -4.86. The summed E-state index contributed by atoms with van der Waals surface area (Å²) >= 11 is 0. The van der Waals surface area contributed by atoms with Crippen molar-refractivity contribution < 1.29 is 19.4 Å². The van der Waals surface area contributed by atoms with Gasteiger partial charge in [0.05, 0.1) is 17.1 Å². The molecule has 4 rings (SSSR count). The topological polar surface area (TPSA) is 127 Å². The molecule has 0 saturated carbocycles. The Morgan fingerprint density at radius 2 is 1.71 bits per heavy atom. The lowest BCUT2D eigenvalue weighted by molar-refractivity contribution is -0.114. The predicted octanol–water partition coefficient (Wildman–Crippen LogP) is 3.59. The minimum absolute atomic E-state index is 0.0293. The molecule has 35 heavy (non-hydrogen) atoms. The van der Waals surface area contributed by atoms with Gasteiger partial charge in [-0.15, -0.1) is 0 Å². The summed E-state index contributed by atoms with van der Waals surface area (Å²) in [6.07, 6.45) is 1.47. The van der Waals surface area contributed by atoms with Crippen molar-refractivity contribution in [1.29, 1.82) is 0 Å². The molecule has 0 radical (unpaired) electrons. The van der Waals surface area contributed by atoms with Crippen LogP contribution in [0.4, 0.5) is 11.5 Å². The van der Waals surface area contributed by atoms with Gasteiger partial charge in [-0.1, -0.05) is 18.2 Å². The molecular weight excluding hydrogens is 450 g/mol. The number of phenols is 1. The molecule has 0 aliphatic carbocycles. The van der Waals surface area contributed by atoms with Gasteiger partial charge >= 0.3 is 0 Å². The highest BCUT2D eigenvalue weighted by atomic mass is 16.5. The molecule has 0 atom stereocenters. The van der Waals surface area contributed by atoms with Crippen molar-refractivity contribution in [3.05, 3.63) is 88.5 Å². The fraction of sp³-hybridized carbons (Fsp3) is 0.120. The van der Waals surface area contributed by atoms with Crippen LogP contribution in [0.3, 0.4) is 0 Å². The Bertz CT molecular complexity index is 1470. The van der Waals surface area contributed by atoms with Gasteiger partial charge in [-0.2, -0.15) is 0 Å². The molecule has 178 valence electrons. The molecule has 10 nitrogen and oxygen atoms in total. The fourth-order valence-electron chi connectivity index (χ4n) is 3.55. The Balaban J connectivity index is 1.55. The molecule has 0 saturated heterocycles. The first-order chi connectivity index (χ1) is 16.7. The van der Waals surface area contributed by atoms with Gasteiger partial charge in [0, 0.05) is 32.3 Å². The van der Waals surface area contributed by atoms with Crippen molar-refractivity contribution in [2.24, 2.45) is 7.05 Å². The normalized spacial score (nSPS) is 10.6. The van der Waals surface area contributed by atoms with E-state index in [1.165, 1.54) is 36.0 Å². The fourth-order valence-corrected chi connectivity index (χ4v) is 3.55. The zero-order valence-corrected chi connectivity index (χ0v) is 19.3. The molecule has 0 aliphatic rings. The molecule has 10 heteroatoms. The third kappa shape index (κ3) is 4.91. The molecule has 2 amide bonds. The SMILES string of the molecule is CC(=O)Nc1cc(Oc2ccc(NC(=O)c3c(C)n(C)n(-c4ccccc4)c3=O)c(O)c2)ccn1. The first-order valence-corrected chi connectivity index (χ1v) is 10.6. The van der Waals surface area contributed by atoms with Crippen LogP contribution in [-0.4, -0.2) is 31.3 Å². The second-order valence-electron chi connectivity index (χ2n) is 7.73. The number of hydrogen-bond acceptors (Lipinski definition) is 6. The number of benzene rings is 2. The van der Waals surface area contributed by atoms with E-state index in [1.54, 1.807) is 55.1 Å². The van der Waals surface area contributed by atoms with Crippen LogP contribution in [0.5, 0.6) is 17.2 Å². The van der Waals surface area contributed by atoms with Gasteiger partial charge in [0.2, 0.25) is 5.91 Å². The summed E-state index contributed by atoms with van der Waals surface area (Å²) in [7, 11) is 1.70. The minimum Gasteiger partial charge on any atom is -0.506 e. The highest BCUT2D eigenvalue weighted by Gasteiger charge is 2.23. The van der Waals surface area contributed by atoms with Crippen LogP contribution in [0.2, 0.25) is 0 Å². The molecule has 0 bridgehead atoms. The van der Waals surface area contributed by atoms with E-state index >= 15 is 0 Å². The van der Waals surface area contributed by atoms with Gasteiger partial charge in [-0.05, 0) is 37.3 Å². The van der Waals surface area contributed by atoms with E-state index in [9.17, 15) is 19.5 Å². The van der Waals surface area contributed by atoms with Gasteiger partial charge in [0.15, 0.2) is 0 Å². The van der Waals surface area contributed by atoms with Crippen LogP contribution in [0.1, 0.15) is 23.0 Å². The summed E-state index contributed by atoms with van der Waals surface area (Å²) in [4.78, 5) is 41.3. The van der Waals surface area contributed by atoms with Gasteiger partial charge < -0.3 is 20.5 Å². The molecule has 0 fully saturated rings. The van der Waals surface area contributed by atoms with Gasteiger partial charge in [-0.3, -0.25) is 19.1 Å². The average molecular weight is 473 g/mol. The summed E-state index contributed by atoms with van der Waals surface area (Å²) in [5.74, 6) is -0.150. The number of rotatable bonds is 6. The number of ether oxygens (including phenoxy) is 1. The largest absolute Gasteiger partial charge is 0.506 e. The van der Waals surface area contributed by atoms with Crippen molar-refractivity contribution in [3.8, 4) is 22.9 Å². The number of para-hydroxylation sites is 1. The van der Waals surface area contributed by atoms with Crippen LogP contribution in [0.15, 0.2) is 71.7 Å². The molecule has 0 aliphatic heterocycles. The Kier molecular flexibility index (Phi) is 6.36. The number of pyridine rings is 1. The monoisotopic (exact) mass is 473 g/mol. The Morgan fingerprint density at radius 1 is 1.00 bits per heavy atom. The van der Waals surface area contributed by atoms with Crippen LogP contribution < -0.4 is 20.9 Å². The van der Waals surface area contributed by atoms with Crippen molar-refractivity contribution in [3.63, 3.8) is 0 Å². The number of amides is 2. The highest BCUT2D eigenvalue weighted by Crippen LogP contribution is 2.31. The third-order valence-electron chi connectivity index (χ3n) is 5.27. The molecule has 0 unspecified atom stereocenters. The van der Waals surface area contributed by atoms with Crippen LogP contribution in [-0.2, 0) is 11.8 Å². The van der Waals surface area contributed by atoms with E-state index < -0.39 is 11.5 Å². The van der Waals surface area contributed by atoms with E-state index in [0.29, 0.717) is 28.7 Å². The number of nitrogens with one attached hydrogen (secondary N) is 2. The molecule has 0 spiro atoms. The van der Waals surface area contributed by atoms with E-state index in [2.05, 4.69) is 15.6 Å². The zero-order chi connectivity index (χ0) is 25.1. The third-order valence-corrected chi connectivity index (χ3v) is 5.27. The standard InChI is InChI=1S/C25H23N5O5/c1-15-23(25(34)30(29(15)3)17-7-5-4-6-8-17)24(33)28-20-10-9-18(13-21(20)32)35-19-11-12-26-22(14-19)27-16(2)31/h4-14,32H,1-3H3,(H,28,33)(H,26,27,31). The van der Waals surface area contributed by atoms with Crippen molar-refractivity contribution in [2.75, 3.05) is 10.6 Å². The summed E-state index contributed by atoms with van der Waals surface area (Å²) in [6, 6.07) is 16.5. The highest BCUT2D eigenvalue weighted by molar-refractivity contribution is 6.05. The second-order valence-corrected chi connectivity index (χ2v) is 7.73. The summed E-state index contributed by atoms with van der Waals surface area (Å²) in [5.41, 5.74) is 0.719. The number of anilines is 2. The zero-order valence-electron chi connectivity index (χ0n) is 19.3. The van der Waals surface area contributed by atoms with Crippen LogP contribution in [0.25, 0.3) is 5.69 Å². The lowest BCUT2D eigenvalue weighted by Crippen LogP contribution is -2.25. The summed E-state index contributed by atoms with van der Waals surface area (Å²) in [5, 5.41) is 15.6. The molecule has 2 aromatic carbocycles. The first kappa shape index (κ1) is 23.3. The number of nitrogens with zero attached hydrogens (tertiary/aromatic N) is 3. The number of carbonyl (C=O) groups is 2. The first-order valence-electron chi connectivity index (χ1n) is 10.6. The molecule has 3 N–H and O–H groups in total. The summed E-state index contributed by atoms with van der Waals surface area (Å²) in [6.45, 7) is 3.05. The lowest BCUT2D eigenvalue weighted by Gasteiger charge is -2.11. The number of phenolic OH excluding ortho intramolecular Hbond substituents is 1. The van der Waals surface area contributed by atoms with E-state index in [4.69, 9.17) is 4.74 Å². The number of aromatic nitrogens is 3. The summed E-state index contributed by atoms with van der Waals surface area (Å²) < 4.78 is 8.72. The van der Waals surface area contributed by atoms with E-state index in [1.807, 2.05) is 6.07 Å². The van der Waals surface area contributed by atoms with Crippen LogP contribution in [0, 0.1) is 6.92 Å². The quantitative estimate of drug-likeness (QED) is 0.367. The van der Waals surface area contributed by atoms with Crippen molar-refractivity contribution in [1.82, 2.24) is 14.3 Å². The maximum Gasteiger partial charge on any atom is 0.284 e. The van der Waals surface area contributed by atoms with E-state index in [0.717, 1.165) is 0 Å². The Morgan fingerprint density at radius 3 is 2.40 bits per heavy atom. The molecular formula is C25H23N5O5. The average Bonchev–Trinajstić information content (AvgIpc) is 3.04. The minimum atomic E-state index is -0.643. The molecule has 2 aromatic heterocycles. The van der Waals surface area contributed by atoms with Gasteiger partial charge in [0.25, 0.3) is 11.5 Å². The predicted molar refractivity (Wildman–Crippen MR) is 130 cm³/mol. The van der Waals surface area contributed by atoms with Gasteiger partial charge in [-0.25, -0.2) is 9.67 Å². The molecule has 4 aromatic rings. The number of hydrogen-bond donors (Lipinski definition) is 3. The van der Waals surface area contributed by atoms with Crippen molar-refractivity contribution >= 4 is 23.3 Å². The maximum atomic E-state index is 13.0. The van der Waals surface area contributed by atoms with E-state index in [-0.39, 0.29) is 22.9 Å². The van der Waals surface area contributed by atoms with Gasteiger partial charge in [0.1, 0.15) is 28.6 Å². The number of aromatic hydroxyl groups is 1. The number of carbonyl (C=O) groups excluding carboxylic acids is 2. The molecule has 2 heterocycles. The second kappa shape index (κ2) is 9.56. The lowest BCUT2D eigenvalue weighted by atomic mass is 10.2. The maximum absolute atomic E-state index is 13.0. The smallest absolute Gasteiger partial charge is 0.284 e.